The molecular weight excluding hydrogens is 516 g/mol. The molecule has 0 spiro atoms. The third-order valence-electron chi connectivity index (χ3n) is 7.54. The van der Waals surface area contributed by atoms with E-state index in [-0.39, 0.29) is 52.9 Å². The molecule has 15 heteroatoms. The maximum atomic E-state index is 10.5. The first-order valence-corrected chi connectivity index (χ1v) is 12.9. The van der Waals surface area contributed by atoms with Gasteiger partial charge in [0, 0.05) is 20.8 Å². The van der Waals surface area contributed by atoms with Crippen LogP contribution in [-0.2, 0) is 14.4 Å². The number of quaternary nitrogens is 3. The first kappa shape index (κ1) is 34.2. The van der Waals surface area contributed by atoms with Gasteiger partial charge in [-0.15, -0.1) is 0 Å². The van der Waals surface area contributed by atoms with Crippen LogP contribution in [-0.4, -0.2) is 163 Å². The molecule has 0 aromatic heterocycles. The van der Waals surface area contributed by atoms with Gasteiger partial charge in [-0.1, -0.05) is 0 Å². The van der Waals surface area contributed by atoms with Gasteiger partial charge in [-0.05, 0) is 0 Å². The topological polar surface area (TPSA) is 218 Å². The van der Waals surface area contributed by atoms with Crippen LogP contribution >= 0.6 is 0 Å². The molecule has 0 radical (unpaired) electrons. The number of carbonyl (C=O) groups is 3. The summed E-state index contributed by atoms with van der Waals surface area (Å²) in [5, 5.41) is 58.1. The molecule has 3 rings (SSSR count). The van der Waals surface area contributed by atoms with Crippen molar-refractivity contribution in [3.63, 3.8) is 0 Å². The van der Waals surface area contributed by atoms with Crippen molar-refractivity contribution in [1.29, 1.82) is 0 Å². The molecule has 3 aliphatic rings. The lowest BCUT2D eigenvalue weighted by molar-refractivity contribution is -0.830. The number of aliphatic imine (C=N–C) groups is 3. The predicted octanol–water partition coefficient (Wildman–Crippen LogP) is -6.07. The Morgan fingerprint density at radius 1 is 0.590 bits per heavy atom. The molecule has 3 unspecified atom stereocenters. The highest BCUT2D eigenvalue weighted by Crippen LogP contribution is 2.15. The van der Waals surface area contributed by atoms with Crippen molar-refractivity contribution in [2.45, 2.75) is 20.8 Å². The summed E-state index contributed by atoms with van der Waals surface area (Å²) in [7, 11) is 0. The second-order valence-corrected chi connectivity index (χ2v) is 9.83. The lowest BCUT2D eigenvalue weighted by atomic mass is 10.3. The van der Waals surface area contributed by atoms with E-state index < -0.39 is 17.9 Å². The van der Waals surface area contributed by atoms with Crippen LogP contribution in [0.25, 0.3) is 0 Å². The fourth-order valence-electron chi connectivity index (χ4n) is 5.10. The van der Waals surface area contributed by atoms with Gasteiger partial charge in [0.2, 0.25) is 0 Å². The Balaban J connectivity index is 0.000000292. The van der Waals surface area contributed by atoms with Crippen molar-refractivity contribution in [2.75, 3.05) is 98.4 Å². The zero-order valence-corrected chi connectivity index (χ0v) is 23.1. The highest BCUT2D eigenvalue weighted by molar-refractivity contribution is 5.78. The highest BCUT2D eigenvalue weighted by Gasteiger charge is 2.36. The third-order valence-corrected chi connectivity index (χ3v) is 7.54. The van der Waals surface area contributed by atoms with Crippen molar-refractivity contribution in [2.24, 2.45) is 15.0 Å². The molecule has 0 aromatic carbocycles. The summed E-state index contributed by atoms with van der Waals surface area (Å²) in [5.74, 6) is -0.950. The number of nitrogens with zero attached hydrogens (tertiary/aromatic N) is 6. The molecular formula is C24H42N6O9. The van der Waals surface area contributed by atoms with E-state index >= 15 is 0 Å². The SMILES string of the molecule is CC1=NCC[N+]1(CCO)CC(=O)[O-].CC1=NCC[N+]1(CCO)CC(=O)[O-].CC1=NCC[N+]1(CCO)CC(=O)[O-]. The van der Waals surface area contributed by atoms with Gasteiger partial charge in [0.05, 0.1) is 57.4 Å². The van der Waals surface area contributed by atoms with Crippen molar-refractivity contribution < 1.29 is 58.5 Å². The molecule has 0 amide bonds. The zero-order chi connectivity index (χ0) is 29.7. The van der Waals surface area contributed by atoms with Crippen LogP contribution in [0.2, 0.25) is 0 Å². The van der Waals surface area contributed by atoms with Gasteiger partial charge in [-0.25, -0.2) is 15.0 Å². The van der Waals surface area contributed by atoms with Crippen LogP contribution in [0.4, 0.5) is 0 Å². The summed E-state index contributed by atoms with van der Waals surface area (Å²) in [6.07, 6.45) is 0. The first-order valence-electron chi connectivity index (χ1n) is 12.9. The van der Waals surface area contributed by atoms with Crippen LogP contribution in [0.1, 0.15) is 20.8 Å². The monoisotopic (exact) mass is 558 g/mol. The summed E-state index contributed by atoms with van der Waals surface area (Å²) in [6.45, 7) is 10.1. The Bertz CT molecular complexity index is 838. The third kappa shape index (κ3) is 9.70. The van der Waals surface area contributed by atoms with E-state index in [1.54, 1.807) is 20.8 Å². The number of hydrogen-bond donors (Lipinski definition) is 3. The number of aliphatic carboxylic acids is 3. The lowest BCUT2D eigenvalue weighted by Gasteiger charge is -2.33. The molecule has 3 aliphatic heterocycles. The molecule has 0 bridgehead atoms. The van der Waals surface area contributed by atoms with Crippen LogP contribution < -0.4 is 15.3 Å². The van der Waals surface area contributed by atoms with Gasteiger partial charge in [0.25, 0.3) is 0 Å². The van der Waals surface area contributed by atoms with Crippen LogP contribution in [0.5, 0.6) is 0 Å². The largest absolute Gasteiger partial charge is 0.544 e. The Hall–Kier alpha value is -2.82. The second kappa shape index (κ2) is 15.7. The standard InChI is InChI=1S/3C8H14N2O3/c3*1-7-9-2-3-10(7,4-5-11)6-8(12)13/h3*11H,2-6H2,1H3. The molecule has 0 saturated heterocycles. The van der Waals surface area contributed by atoms with Gasteiger partial charge in [0.15, 0.2) is 17.5 Å². The smallest absolute Gasteiger partial charge is 0.195 e. The summed E-state index contributed by atoms with van der Waals surface area (Å²) in [6, 6.07) is 0. The normalized spacial score (nSPS) is 27.4. The molecule has 3 N–H and O–H groups in total. The Kier molecular flexibility index (Phi) is 13.8. The summed E-state index contributed by atoms with van der Waals surface area (Å²) < 4.78 is 0.747. The maximum Gasteiger partial charge on any atom is 0.195 e. The number of aliphatic hydroxyl groups excluding tert-OH is 3. The van der Waals surface area contributed by atoms with E-state index in [0.717, 1.165) is 17.5 Å². The first-order chi connectivity index (χ1) is 18.3. The summed E-state index contributed by atoms with van der Waals surface area (Å²) in [4.78, 5) is 44.0. The van der Waals surface area contributed by atoms with Crippen LogP contribution in [0.15, 0.2) is 15.0 Å². The molecule has 0 saturated carbocycles. The molecule has 15 nitrogen and oxygen atoms in total. The van der Waals surface area contributed by atoms with E-state index in [1.165, 1.54) is 0 Å². The molecule has 0 fully saturated rings. The minimum absolute atomic E-state index is 0.0276. The number of carbonyl (C=O) groups excluding carboxylic acids is 3. The van der Waals surface area contributed by atoms with Gasteiger partial charge in [0.1, 0.15) is 58.9 Å². The second-order valence-electron chi connectivity index (χ2n) is 9.83. The van der Waals surface area contributed by atoms with E-state index in [4.69, 9.17) is 15.3 Å². The molecule has 3 atom stereocenters. The molecule has 0 aliphatic carbocycles. The summed E-state index contributed by atoms with van der Waals surface area (Å²) in [5.41, 5.74) is 0. The average Bonchev–Trinajstić information content (AvgIpc) is 3.47. The summed E-state index contributed by atoms with van der Waals surface area (Å²) >= 11 is 0. The van der Waals surface area contributed by atoms with Crippen molar-refractivity contribution in [1.82, 2.24) is 0 Å². The van der Waals surface area contributed by atoms with E-state index in [0.29, 0.717) is 58.9 Å². The van der Waals surface area contributed by atoms with E-state index in [1.807, 2.05) is 0 Å². The quantitative estimate of drug-likeness (QED) is 0.194. The number of hydrogen-bond acceptors (Lipinski definition) is 12. The number of aliphatic hydroxyl groups is 3. The fraction of sp³-hybridized carbons (Fsp3) is 0.750. The number of amidine groups is 3. The number of rotatable bonds is 12. The van der Waals surface area contributed by atoms with E-state index in [2.05, 4.69) is 15.0 Å². The van der Waals surface area contributed by atoms with Gasteiger partial charge in [-0.2, -0.15) is 0 Å². The fourth-order valence-corrected chi connectivity index (χ4v) is 5.10. The molecule has 3 heterocycles. The van der Waals surface area contributed by atoms with Crippen molar-refractivity contribution in [3.05, 3.63) is 0 Å². The molecule has 222 valence electrons. The molecule has 39 heavy (non-hydrogen) atoms. The minimum atomic E-state index is -1.09. The zero-order valence-electron chi connectivity index (χ0n) is 23.1. The maximum absolute atomic E-state index is 10.5. The Morgan fingerprint density at radius 2 is 0.821 bits per heavy atom. The van der Waals surface area contributed by atoms with Crippen molar-refractivity contribution >= 4 is 35.4 Å². The minimum Gasteiger partial charge on any atom is -0.544 e. The Morgan fingerprint density at radius 3 is 0.949 bits per heavy atom. The van der Waals surface area contributed by atoms with Gasteiger partial charge in [-0.3, -0.25) is 13.4 Å². The number of carboxylic acids is 3. The highest BCUT2D eigenvalue weighted by atomic mass is 16.4. The van der Waals surface area contributed by atoms with Crippen LogP contribution in [0, 0.1) is 0 Å². The number of carboxylic acid groups (broad SMARTS) is 3. The lowest BCUT2D eigenvalue weighted by Crippen LogP contribution is -2.56. The van der Waals surface area contributed by atoms with Crippen LogP contribution in [0.3, 0.4) is 0 Å². The molecule has 0 aromatic rings. The Labute approximate surface area is 228 Å². The predicted molar refractivity (Wildman–Crippen MR) is 135 cm³/mol. The van der Waals surface area contributed by atoms with Gasteiger partial charge < -0.3 is 45.0 Å². The average molecular weight is 559 g/mol. The van der Waals surface area contributed by atoms with E-state index in [9.17, 15) is 29.7 Å². The van der Waals surface area contributed by atoms with Crippen molar-refractivity contribution in [3.8, 4) is 0 Å². The van der Waals surface area contributed by atoms with Gasteiger partial charge >= 0.3 is 0 Å².